The second kappa shape index (κ2) is 6.21. The Morgan fingerprint density at radius 3 is 2.63 bits per heavy atom. The highest BCUT2D eigenvalue weighted by Gasteiger charge is 2.32. The molecule has 2 fully saturated rings. The zero-order valence-electron chi connectivity index (χ0n) is 12.4. The minimum Gasteiger partial charge on any atom is -0.314 e. The molecular weight excluding hydrogens is 236 g/mol. The van der Waals surface area contributed by atoms with E-state index >= 15 is 0 Å². The summed E-state index contributed by atoms with van der Waals surface area (Å²) in [4.78, 5) is 5.18. The molecule has 2 saturated heterocycles. The number of nitrogens with two attached hydrogens (primary N) is 1. The number of rotatable bonds is 4. The van der Waals surface area contributed by atoms with Crippen LogP contribution in [-0.4, -0.2) is 53.6 Å². The van der Waals surface area contributed by atoms with Crippen LogP contribution in [0.5, 0.6) is 0 Å². The van der Waals surface area contributed by atoms with E-state index in [4.69, 9.17) is 11.0 Å². The third-order valence-corrected chi connectivity index (χ3v) is 4.70. The summed E-state index contributed by atoms with van der Waals surface area (Å²) in [5, 5.41) is 9.04. The maximum Gasteiger partial charge on any atom is 0.102 e. The first kappa shape index (κ1) is 14.8. The van der Waals surface area contributed by atoms with Crippen LogP contribution in [0.1, 0.15) is 46.0 Å². The van der Waals surface area contributed by atoms with E-state index in [1.54, 1.807) is 0 Å². The standard InChI is InChI=1S/C15H28N4/c1-13(10-15(2,17)12-16)19-9-6-14(11-19)18-7-4-3-5-8-18/h13-14H,3-11,17H2,1-2H3. The van der Waals surface area contributed by atoms with Crippen LogP contribution in [0.25, 0.3) is 0 Å². The van der Waals surface area contributed by atoms with Crippen molar-refractivity contribution >= 4 is 0 Å². The molecule has 2 aliphatic heterocycles. The SMILES string of the molecule is CC(CC(C)(N)C#N)N1CCC(N2CCCCC2)C1. The monoisotopic (exact) mass is 264 g/mol. The number of likely N-dealkylation sites (tertiary alicyclic amines) is 2. The Bertz CT molecular complexity index is 328. The van der Waals surface area contributed by atoms with Crippen LogP contribution in [0.3, 0.4) is 0 Å². The van der Waals surface area contributed by atoms with Crippen LogP contribution < -0.4 is 5.73 Å². The summed E-state index contributed by atoms with van der Waals surface area (Å²) in [5.41, 5.74) is 5.27. The van der Waals surface area contributed by atoms with Gasteiger partial charge in [0.1, 0.15) is 5.54 Å². The summed E-state index contributed by atoms with van der Waals surface area (Å²) < 4.78 is 0. The smallest absolute Gasteiger partial charge is 0.102 e. The molecule has 2 N–H and O–H groups in total. The number of piperidine rings is 1. The van der Waals surface area contributed by atoms with Crippen molar-refractivity contribution in [1.29, 1.82) is 5.26 Å². The van der Waals surface area contributed by atoms with Crippen LogP contribution in [0.15, 0.2) is 0 Å². The highest BCUT2D eigenvalue weighted by Crippen LogP contribution is 2.23. The lowest BCUT2D eigenvalue weighted by atomic mass is 9.96. The second-order valence-electron chi connectivity index (χ2n) is 6.62. The topological polar surface area (TPSA) is 56.3 Å². The Balaban J connectivity index is 1.82. The van der Waals surface area contributed by atoms with Crippen molar-refractivity contribution in [3.63, 3.8) is 0 Å². The summed E-state index contributed by atoms with van der Waals surface area (Å²) in [6.45, 7) is 8.91. The maximum absolute atomic E-state index is 9.04. The van der Waals surface area contributed by atoms with Gasteiger partial charge in [-0.05, 0) is 52.6 Å². The molecule has 2 aliphatic rings. The maximum atomic E-state index is 9.04. The molecule has 0 aromatic heterocycles. The van der Waals surface area contributed by atoms with Gasteiger partial charge in [0.05, 0.1) is 6.07 Å². The predicted octanol–water partition coefficient (Wildman–Crippen LogP) is 1.57. The lowest BCUT2D eigenvalue weighted by Crippen LogP contribution is -2.45. The molecule has 3 unspecified atom stereocenters. The largest absolute Gasteiger partial charge is 0.314 e. The average Bonchev–Trinajstić information content (AvgIpc) is 2.89. The molecule has 0 saturated carbocycles. The van der Waals surface area contributed by atoms with E-state index in [0.29, 0.717) is 6.04 Å². The van der Waals surface area contributed by atoms with Crippen LogP contribution in [0, 0.1) is 11.3 Å². The molecule has 3 atom stereocenters. The quantitative estimate of drug-likeness (QED) is 0.837. The first-order valence-corrected chi connectivity index (χ1v) is 7.70. The summed E-state index contributed by atoms with van der Waals surface area (Å²) in [6, 6.07) is 3.35. The summed E-state index contributed by atoms with van der Waals surface area (Å²) in [6.07, 6.45) is 6.16. The Kier molecular flexibility index (Phi) is 4.83. The lowest BCUT2D eigenvalue weighted by molar-refractivity contribution is 0.149. The summed E-state index contributed by atoms with van der Waals surface area (Å²) >= 11 is 0. The van der Waals surface area contributed by atoms with E-state index in [9.17, 15) is 0 Å². The highest BCUT2D eigenvalue weighted by atomic mass is 15.3. The normalized spacial score (nSPS) is 30.7. The lowest BCUT2D eigenvalue weighted by Gasteiger charge is -2.33. The van der Waals surface area contributed by atoms with Gasteiger partial charge in [-0.3, -0.25) is 9.80 Å². The zero-order chi connectivity index (χ0) is 13.9. The fourth-order valence-corrected chi connectivity index (χ4v) is 3.54. The Labute approximate surface area is 117 Å². The average molecular weight is 264 g/mol. The van der Waals surface area contributed by atoms with Gasteiger partial charge >= 0.3 is 0 Å². The molecule has 108 valence electrons. The molecule has 4 heteroatoms. The number of hydrogen-bond acceptors (Lipinski definition) is 4. The molecule has 2 rings (SSSR count). The van der Waals surface area contributed by atoms with Crippen LogP contribution >= 0.6 is 0 Å². The van der Waals surface area contributed by atoms with Gasteiger partial charge in [0.2, 0.25) is 0 Å². The van der Waals surface area contributed by atoms with E-state index in [1.165, 1.54) is 38.8 Å². The number of nitriles is 1. The van der Waals surface area contributed by atoms with E-state index in [-0.39, 0.29) is 0 Å². The van der Waals surface area contributed by atoms with E-state index in [1.807, 2.05) is 6.92 Å². The van der Waals surface area contributed by atoms with Gasteiger partial charge in [0.25, 0.3) is 0 Å². The number of nitrogens with zero attached hydrogens (tertiary/aromatic N) is 3. The van der Waals surface area contributed by atoms with Crippen molar-refractivity contribution in [2.24, 2.45) is 5.73 Å². The van der Waals surface area contributed by atoms with Gasteiger partial charge < -0.3 is 5.73 Å². The minimum atomic E-state index is -0.692. The number of hydrogen-bond donors (Lipinski definition) is 1. The van der Waals surface area contributed by atoms with E-state index in [2.05, 4.69) is 22.8 Å². The minimum absolute atomic E-state index is 0.407. The predicted molar refractivity (Wildman–Crippen MR) is 77.7 cm³/mol. The molecule has 0 aliphatic carbocycles. The molecule has 4 nitrogen and oxygen atoms in total. The molecule has 0 amide bonds. The first-order chi connectivity index (χ1) is 9.02. The van der Waals surface area contributed by atoms with Gasteiger partial charge in [-0.25, -0.2) is 0 Å². The molecular formula is C15H28N4. The van der Waals surface area contributed by atoms with Crippen molar-refractivity contribution in [1.82, 2.24) is 9.80 Å². The van der Waals surface area contributed by atoms with Gasteiger partial charge in [-0.15, -0.1) is 0 Å². The fraction of sp³-hybridized carbons (Fsp3) is 0.933. The van der Waals surface area contributed by atoms with Gasteiger partial charge in [0, 0.05) is 25.2 Å². The van der Waals surface area contributed by atoms with Gasteiger partial charge in [-0.1, -0.05) is 6.42 Å². The first-order valence-electron chi connectivity index (χ1n) is 7.70. The molecule has 19 heavy (non-hydrogen) atoms. The Morgan fingerprint density at radius 1 is 1.32 bits per heavy atom. The molecule has 0 bridgehead atoms. The summed E-state index contributed by atoms with van der Waals surface area (Å²) in [5.74, 6) is 0. The van der Waals surface area contributed by atoms with Gasteiger partial charge in [-0.2, -0.15) is 5.26 Å². The fourth-order valence-electron chi connectivity index (χ4n) is 3.54. The third kappa shape index (κ3) is 3.92. The Morgan fingerprint density at radius 2 is 2.00 bits per heavy atom. The highest BCUT2D eigenvalue weighted by molar-refractivity contribution is 5.03. The van der Waals surface area contributed by atoms with Crippen molar-refractivity contribution in [2.75, 3.05) is 26.2 Å². The van der Waals surface area contributed by atoms with Crippen molar-refractivity contribution < 1.29 is 0 Å². The van der Waals surface area contributed by atoms with Gasteiger partial charge in [0.15, 0.2) is 0 Å². The molecule has 2 heterocycles. The molecule has 0 aromatic rings. The molecule has 0 aromatic carbocycles. The van der Waals surface area contributed by atoms with E-state index in [0.717, 1.165) is 25.6 Å². The Hall–Kier alpha value is -0.630. The van der Waals surface area contributed by atoms with Crippen molar-refractivity contribution in [3.8, 4) is 6.07 Å². The van der Waals surface area contributed by atoms with Crippen molar-refractivity contribution in [2.45, 2.75) is 63.6 Å². The summed E-state index contributed by atoms with van der Waals surface area (Å²) in [7, 11) is 0. The molecule has 0 spiro atoms. The van der Waals surface area contributed by atoms with Crippen LogP contribution in [0.4, 0.5) is 0 Å². The second-order valence-corrected chi connectivity index (χ2v) is 6.62. The van der Waals surface area contributed by atoms with Crippen LogP contribution in [0.2, 0.25) is 0 Å². The van der Waals surface area contributed by atoms with Crippen molar-refractivity contribution in [3.05, 3.63) is 0 Å². The van der Waals surface area contributed by atoms with E-state index < -0.39 is 5.54 Å². The molecule has 0 radical (unpaired) electrons. The third-order valence-electron chi connectivity index (χ3n) is 4.70. The van der Waals surface area contributed by atoms with Crippen LogP contribution in [-0.2, 0) is 0 Å². The zero-order valence-corrected chi connectivity index (χ0v) is 12.4.